The molecule has 0 spiro atoms. The minimum Gasteiger partial charge on any atom is -0.497 e. The third-order valence-corrected chi connectivity index (χ3v) is 2.52. The number of nitrogens with two attached hydrogens (primary N) is 1. The van der Waals surface area contributed by atoms with Crippen LogP contribution in [0, 0.1) is 6.92 Å². The van der Waals surface area contributed by atoms with Crippen LogP contribution in [0.25, 0.3) is 0 Å². The normalized spacial score (nSPS) is 10.2. The molecule has 0 unspecified atom stereocenters. The zero-order valence-corrected chi connectivity index (χ0v) is 10.5. The van der Waals surface area contributed by atoms with E-state index in [1.807, 2.05) is 37.3 Å². The summed E-state index contributed by atoms with van der Waals surface area (Å²) < 4.78 is 11.0. The van der Waals surface area contributed by atoms with E-state index in [-0.39, 0.29) is 0 Å². The number of ether oxygens (including phenoxy) is 2. The van der Waals surface area contributed by atoms with Gasteiger partial charge in [0.25, 0.3) is 0 Å². The van der Waals surface area contributed by atoms with Crippen LogP contribution < -0.4 is 15.2 Å². The van der Waals surface area contributed by atoms with Crippen molar-refractivity contribution in [1.82, 2.24) is 4.98 Å². The highest BCUT2D eigenvalue weighted by Crippen LogP contribution is 2.27. The van der Waals surface area contributed by atoms with Crippen molar-refractivity contribution in [1.29, 1.82) is 0 Å². The maximum absolute atomic E-state index is 5.77. The number of aryl methyl sites for hydroxylation is 1. The van der Waals surface area contributed by atoms with Crippen LogP contribution in [0.15, 0.2) is 36.5 Å². The van der Waals surface area contributed by atoms with Gasteiger partial charge in [-0.05, 0) is 30.7 Å². The van der Waals surface area contributed by atoms with Gasteiger partial charge in [-0.25, -0.2) is 0 Å². The van der Waals surface area contributed by atoms with Crippen molar-refractivity contribution in [2.45, 2.75) is 13.5 Å². The molecule has 0 fully saturated rings. The summed E-state index contributed by atoms with van der Waals surface area (Å²) in [4.78, 5) is 4.12. The summed E-state index contributed by atoms with van der Waals surface area (Å²) in [5, 5.41) is 0. The number of nitrogens with zero attached hydrogens (tertiary/aromatic N) is 1. The topological polar surface area (TPSA) is 57.4 Å². The van der Waals surface area contributed by atoms with E-state index in [1.165, 1.54) is 0 Å². The molecule has 0 amide bonds. The molecule has 18 heavy (non-hydrogen) atoms. The van der Waals surface area contributed by atoms with Gasteiger partial charge in [-0.15, -0.1) is 0 Å². The Morgan fingerprint density at radius 3 is 2.56 bits per heavy atom. The Hall–Kier alpha value is -2.07. The van der Waals surface area contributed by atoms with E-state index in [4.69, 9.17) is 15.2 Å². The Morgan fingerprint density at radius 1 is 1.11 bits per heavy atom. The van der Waals surface area contributed by atoms with Gasteiger partial charge in [0.1, 0.15) is 17.2 Å². The van der Waals surface area contributed by atoms with Crippen molar-refractivity contribution in [3.8, 4) is 17.2 Å². The minimum absolute atomic E-state index is 0.447. The molecule has 0 aliphatic rings. The number of hydrogen-bond acceptors (Lipinski definition) is 4. The zero-order valence-electron chi connectivity index (χ0n) is 10.5. The van der Waals surface area contributed by atoms with Gasteiger partial charge in [-0.3, -0.25) is 4.98 Å². The van der Waals surface area contributed by atoms with E-state index in [9.17, 15) is 0 Å². The Balaban J connectivity index is 2.28. The number of hydrogen-bond donors (Lipinski definition) is 1. The molecule has 2 aromatic rings. The third kappa shape index (κ3) is 2.99. The number of rotatable bonds is 4. The van der Waals surface area contributed by atoms with Crippen molar-refractivity contribution in [2.24, 2.45) is 5.73 Å². The number of pyridine rings is 1. The van der Waals surface area contributed by atoms with Gasteiger partial charge in [-0.2, -0.15) is 0 Å². The van der Waals surface area contributed by atoms with Crippen LogP contribution in [-0.2, 0) is 6.54 Å². The fraction of sp³-hybridized carbons (Fsp3) is 0.214. The highest BCUT2D eigenvalue weighted by atomic mass is 16.5. The van der Waals surface area contributed by atoms with Gasteiger partial charge >= 0.3 is 0 Å². The Bertz CT molecular complexity index is 519. The maximum atomic E-state index is 5.77. The summed E-state index contributed by atoms with van der Waals surface area (Å²) in [7, 11) is 1.62. The molecular formula is C14H16N2O2. The van der Waals surface area contributed by atoms with Crippen molar-refractivity contribution < 1.29 is 9.47 Å². The summed E-state index contributed by atoms with van der Waals surface area (Å²) in [6.07, 6.45) is 1.72. The Morgan fingerprint density at radius 2 is 1.89 bits per heavy atom. The van der Waals surface area contributed by atoms with E-state index < -0.39 is 0 Å². The molecule has 0 aliphatic carbocycles. The third-order valence-electron chi connectivity index (χ3n) is 2.52. The maximum Gasteiger partial charge on any atom is 0.131 e. The van der Waals surface area contributed by atoms with Gasteiger partial charge in [-0.1, -0.05) is 0 Å². The van der Waals surface area contributed by atoms with E-state index >= 15 is 0 Å². The molecule has 0 saturated carbocycles. The van der Waals surface area contributed by atoms with Crippen LogP contribution >= 0.6 is 0 Å². The molecule has 1 aromatic carbocycles. The van der Waals surface area contributed by atoms with Crippen LogP contribution in [0.5, 0.6) is 17.2 Å². The van der Waals surface area contributed by atoms with E-state index in [2.05, 4.69) is 4.98 Å². The first kappa shape index (κ1) is 12.4. The molecule has 0 saturated heterocycles. The van der Waals surface area contributed by atoms with Gasteiger partial charge in [0.2, 0.25) is 0 Å². The van der Waals surface area contributed by atoms with Crippen molar-refractivity contribution in [3.05, 3.63) is 47.8 Å². The zero-order chi connectivity index (χ0) is 13.0. The SMILES string of the molecule is COc1cc(CN)cc(Oc2ccnc(C)c2)c1. The second kappa shape index (κ2) is 5.51. The van der Waals surface area contributed by atoms with E-state index in [0.29, 0.717) is 12.3 Å². The summed E-state index contributed by atoms with van der Waals surface area (Å²) >= 11 is 0. The fourth-order valence-electron chi connectivity index (χ4n) is 1.64. The van der Waals surface area contributed by atoms with Crippen LogP contribution in [0.4, 0.5) is 0 Å². The molecule has 0 radical (unpaired) electrons. The predicted molar refractivity (Wildman–Crippen MR) is 69.9 cm³/mol. The van der Waals surface area contributed by atoms with Crippen LogP contribution in [0.3, 0.4) is 0 Å². The van der Waals surface area contributed by atoms with E-state index in [1.54, 1.807) is 13.3 Å². The lowest BCUT2D eigenvalue weighted by molar-refractivity contribution is 0.408. The highest BCUT2D eigenvalue weighted by molar-refractivity contribution is 5.40. The molecule has 2 N–H and O–H groups in total. The quantitative estimate of drug-likeness (QED) is 0.898. The smallest absolute Gasteiger partial charge is 0.131 e. The number of benzene rings is 1. The summed E-state index contributed by atoms with van der Waals surface area (Å²) in [5.41, 5.74) is 7.52. The first-order chi connectivity index (χ1) is 8.71. The van der Waals surface area contributed by atoms with Gasteiger partial charge in [0, 0.05) is 30.6 Å². The van der Waals surface area contributed by atoms with E-state index in [0.717, 1.165) is 22.8 Å². The molecule has 94 valence electrons. The molecule has 1 aromatic heterocycles. The Kier molecular flexibility index (Phi) is 3.79. The molecule has 2 rings (SSSR count). The summed E-state index contributed by atoms with van der Waals surface area (Å²) in [6.45, 7) is 2.37. The highest BCUT2D eigenvalue weighted by Gasteiger charge is 2.03. The molecule has 4 nitrogen and oxygen atoms in total. The largest absolute Gasteiger partial charge is 0.497 e. The minimum atomic E-state index is 0.447. The fourth-order valence-corrected chi connectivity index (χ4v) is 1.64. The first-order valence-electron chi connectivity index (χ1n) is 5.70. The van der Waals surface area contributed by atoms with Crippen LogP contribution in [0.1, 0.15) is 11.3 Å². The van der Waals surface area contributed by atoms with Crippen LogP contribution in [0.2, 0.25) is 0 Å². The molecule has 0 aliphatic heterocycles. The van der Waals surface area contributed by atoms with Gasteiger partial charge < -0.3 is 15.2 Å². The summed E-state index contributed by atoms with van der Waals surface area (Å²) in [5.74, 6) is 2.19. The van der Waals surface area contributed by atoms with Gasteiger partial charge in [0.05, 0.1) is 7.11 Å². The van der Waals surface area contributed by atoms with Crippen molar-refractivity contribution in [3.63, 3.8) is 0 Å². The Labute approximate surface area is 106 Å². The second-order valence-corrected chi connectivity index (χ2v) is 3.96. The number of aromatic nitrogens is 1. The molecular weight excluding hydrogens is 228 g/mol. The standard InChI is InChI=1S/C14H16N2O2/c1-10-5-12(3-4-16-10)18-14-7-11(9-15)6-13(8-14)17-2/h3-8H,9,15H2,1-2H3. The first-order valence-corrected chi connectivity index (χ1v) is 5.70. The average molecular weight is 244 g/mol. The van der Waals surface area contributed by atoms with Gasteiger partial charge in [0.15, 0.2) is 0 Å². The average Bonchev–Trinajstić information content (AvgIpc) is 2.38. The molecule has 4 heteroatoms. The molecule has 0 bridgehead atoms. The lowest BCUT2D eigenvalue weighted by atomic mass is 10.2. The molecule has 1 heterocycles. The predicted octanol–water partition coefficient (Wildman–Crippen LogP) is 2.65. The van der Waals surface area contributed by atoms with Crippen molar-refractivity contribution >= 4 is 0 Å². The molecule has 0 atom stereocenters. The lowest BCUT2D eigenvalue weighted by Gasteiger charge is -2.10. The van der Waals surface area contributed by atoms with Crippen LogP contribution in [-0.4, -0.2) is 12.1 Å². The monoisotopic (exact) mass is 244 g/mol. The lowest BCUT2D eigenvalue weighted by Crippen LogP contribution is -1.98. The summed E-state index contributed by atoms with van der Waals surface area (Å²) in [6, 6.07) is 9.31. The number of methoxy groups -OCH3 is 1. The second-order valence-electron chi connectivity index (χ2n) is 3.96. The van der Waals surface area contributed by atoms with Crippen molar-refractivity contribution in [2.75, 3.05) is 7.11 Å².